The summed E-state index contributed by atoms with van der Waals surface area (Å²) in [5.74, 6) is 0.545. The van der Waals surface area contributed by atoms with Crippen LogP contribution in [0.1, 0.15) is 11.6 Å². The quantitative estimate of drug-likeness (QED) is 0.915. The minimum atomic E-state index is -0.426. The Morgan fingerprint density at radius 3 is 2.74 bits per heavy atom. The highest BCUT2D eigenvalue weighted by molar-refractivity contribution is 7.07. The molecule has 0 radical (unpaired) electrons. The van der Waals surface area contributed by atoms with Crippen LogP contribution in [-0.2, 0) is 4.74 Å². The number of carbonyl (C=O) groups is 1. The highest BCUT2D eigenvalue weighted by atomic mass is 32.1. The van der Waals surface area contributed by atoms with E-state index >= 15 is 0 Å². The molecule has 1 atom stereocenters. The summed E-state index contributed by atoms with van der Waals surface area (Å²) in [5.41, 5.74) is 1.22. The lowest BCUT2D eigenvalue weighted by Gasteiger charge is -2.34. The molecule has 0 bridgehead atoms. The molecule has 1 N–H and O–H groups in total. The molecule has 2 heterocycles. The van der Waals surface area contributed by atoms with Crippen LogP contribution in [0.5, 0.6) is 5.75 Å². The van der Waals surface area contributed by atoms with Crippen molar-refractivity contribution in [2.45, 2.75) is 6.04 Å². The summed E-state index contributed by atoms with van der Waals surface area (Å²) in [7, 11) is 0. The Kier molecular flexibility index (Phi) is 5.63. The zero-order chi connectivity index (χ0) is 15.9. The number of benzene rings is 1. The summed E-state index contributed by atoms with van der Waals surface area (Å²) in [6.45, 7) is 3.72. The lowest BCUT2D eigenvalue weighted by atomic mass is 10.1. The van der Waals surface area contributed by atoms with Crippen LogP contribution in [0.25, 0.3) is 0 Å². The third kappa shape index (κ3) is 4.54. The van der Waals surface area contributed by atoms with Gasteiger partial charge in [0.15, 0.2) is 0 Å². The predicted molar refractivity (Wildman–Crippen MR) is 89.9 cm³/mol. The van der Waals surface area contributed by atoms with Crippen molar-refractivity contribution in [1.82, 2.24) is 10.2 Å². The van der Waals surface area contributed by atoms with E-state index in [0.717, 1.165) is 26.3 Å². The molecule has 0 spiro atoms. The molecule has 1 fully saturated rings. The second-order valence-corrected chi connectivity index (χ2v) is 6.08. The summed E-state index contributed by atoms with van der Waals surface area (Å²) in [5, 5.41) is 7.07. The normalized spacial score (nSPS) is 16.7. The van der Waals surface area contributed by atoms with Gasteiger partial charge >= 0.3 is 6.09 Å². The molecule has 0 saturated carbocycles. The number of para-hydroxylation sites is 1. The van der Waals surface area contributed by atoms with Crippen LogP contribution < -0.4 is 10.1 Å². The fourth-order valence-electron chi connectivity index (χ4n) is 2.62. The van der Waals surface area contributed by atoms with Crippen LogP contribution in [0.3, 0.4) is 0 Å². The Balaban J connectivity index is 1.59. The number of thiophene rings is 1. The number of hydrogen-bond donors (Lipinski definition) is 1. The van der Waals surface area contributed by atoms with Crippen LogP contribution >= 0.6 is 11.3 Å². The number of ether oxygens (including phenoxy) is 2. The van der Waals surface area contributed by atoms with Crippen molar-refractivity contribution in [2.75, 3.05) is 32.8 Å². The molecular weight excluding hydrogens is 312 g/mol. The maximum Gasteiger partial charge on any atom is 0.412 e. The number of amides is 1. The van der Waals surface area contributed by atoms with Gasteiger partial charge in [-0.25, -0.2) is 4.79 Å². The molecule has 23 heavy (non-hydrogen) atoms. The van der Waals surface area contributed by atoms with Gasteiger partial charge in [-0.05, 0) is 34.5 Å². The predicted octanol–water partition coefficient (Wildman–Crippen LogP) is 2.91. The molecule has 1 amide bonds. The monoisotopic (exact) mass is 332 g/mol. The lowest BCUT2D eigenvalue weighted by molar-refractivity contribution is 0.0165. The van der Waals surface area contributed by atoms with Gasteiger partial charge < -0.3 is 14.8 Å². The van der Waals surface area contributed by atoms with E-state index in [4.69, 9.17) is 9.47 Å². The zero-order valence-corrected chi connectivity index (χ0v) is 13.6. The largest absolute Gasteiger partial charge is 0.412 e. The van der Waals surface area contributed by atoms with Crippen molar-refractivity contribution in [3.05, 3.63) is 52.7 Å². The van der Waals surface area contributed by atoms with Gasteiger partial charge in [0, 0.05) is 19.6 Å². The van der Waals surface area contributed by atoms with Gasteiger partial charge in [0.1, 0.15) is 5.75 Å². The number of nitrogens with zero attached hydrogens (tertiary/aromatic N) is 1. The zero-order valence-electron chi connectivity index (χ0n) is 12.8. The topological polar surface area (TPSA) is 50.8 Å². The van der Waals surface area contributed by atoms with E-state index in [0.29, 0.717) is 12.3 Å². The number of nitrogens with one attached hydrogen (secondary N) is 1. The van der Waals surface area contributed by atoms with Crippen molar-refractivity contribution in [2.24, 2.45) is 0 Å². The average molecular weight is 332 g/mol. The van der Waals surface area contributed by atoms with E-state index < -0.39 is 6.09 Å². The standard InChI is InChI=1S/C17H20N2O3S/c20-17(22-15-4-2-1-3-5-15)18-12-16(14-6-11-23-13-14)19-7-9-21-10-8-19/h1-6,11,13,16H,7-10,12H2,(H,18,20). The Morgan fingerprint density at radius 1 is 1.26 bits per heavy atom. The molecule has 1 aromatic carbocycles. The Hall–Kier alpha value is -1.89. The van der Waals surface area contributed by atoms with E-state index in [-0.39, 0.29) is 6.04 Å². The van der Waals surface area contributed by atoms with E-state index in [1.807, 2.05) is 18.2 Å². The van der Waals surface area contributed by atoms with Crippen molar-refractivity contribution in [1.29, 1.82) is 0 Å². The van der Waals surface area contributed by atoms with E-state index in [9.17, 15) is 4.79 Å². The van der Waals surface area contributed by atoms with Crippen LogP contribution in [0.4, 0.5) is 4.79 Å². The molecule has 1 unspecified atom stereocenters. The molecule has 1 aliphatic heterocycles. The van der Waals surface area contributed by atoms with Gasteiger partial charge in [-0.2, -0.15) is 11.3 Å². The van der Waals surface area contributed by atoms with Gasteiger partial charge in [0.2, 0.25) is 0 Å². The van der Waals surface area contributed by atoms with Gasteiger partial charge in [-0.15, -0.1) is 0 Å². The minimum Gasteiger partial charge on any atom is -0.410 e. The molecule has 6 heteroatoms. The molecule has 0 aliphatic carbocycles. The molecule has 122 valence electrons. The van der Waals surface area contributed by atoms with Crippen LogP contribution in [0.15, 0.2) is 47.2 Å². The number of rotatable bonds is 5. The molecule has 1 aromatic heterocycles. The fourth-order valence-corrected chi connectivity index (χ4v) is 3.33. The summed E-state index contributed by atoms with van der Waals surface area (Å²) in [4.78, 5) is 14.3. The fraction of sp³-hybridized carbons (Fsp3) is 0.353. The molecular formula is C17H20N2O3S. The molecule has 1 aliphatic rings. The van der Waals surface area contributed by atoms with Gasteiger partial charge in [-0.3, -0.25) is 4.90 Å². The van der Waals surface area contributed by atoms with Gasteiger partial charge in [0.25, 0.3) is 0 Å². The second-order valence-electron chi connectivity index (χ2n) is 5.30. The summed E-state index contributed by atoms with van der Waals surface area (Å²) < 4.78 is 10.7. The second kappa shape index (κ2) is 8.10. The van der Waals surface area contributed by atoms with E-state index in [1.165, 1.54) is 5.56 Å². The number of carbonyl (C=O) groups excluding carboxylic acids is 1. The third-order valence-electron chi connectivity index (χ3n) is 3.81. The highest BCUT2D eigenvalue weighted by Gasteiger charge is 2.23. The Bertz CT molecular complexity index is 598. The number of morpholine rings is 1. The molecule has 1 saturated heterocycles. The minimum absolute atomic E-state index is 0.147. The van der Waals surface area contributed by atoms with E-state index in [1.54, 1.807) is 23.5 Å². The van der Waals surface area contributed by atoms with Crippen LogP contribution in [0.2, 0.25) is 0 Å². The smallest absolute Gasteiger partial charge is 0.410 e. The van der Waals surface area contributed by atoms with Crippen molar-refractivity contribution in [3.63, 3.8) is 0 Å². The van der Waals surface area contributed by atoms with Crippen molar-refractivity contribution in [3.8, 4) is 5.75 Å². The van der Waals surface area contributed by atoms with Crippen LogP contribution in [-0.4, -0.2) is 43.8 Å². The molecule has 3 rings (SSSR count). The molecule has 2 aromatic rings. The number of hydrogen-bond acceptors (Lipinski definition) is 5. The third-order valence-corrected chi connectivity index (χ3v) is 4.51. The first-order chi connectivity index (χ1) is 11.3. The lowest BCUT2D eigenvalue weighted by Crippen LogP contribution is -2.44. The summed E-state index contributed by atoms with van der Waals surface area (Å²) in [6, 6.07) is 11.3. The first kappa shape index (κ1) is 16.0. The average Bonchev–Trinajstić information content (AvgIpc) is 3.11. The first-order valence-electron chi connectivity index (χ1n) is 7.67. The van der Waals surface area contributed by atoms with Gasteiger partial charge in [0.05, 0.1) is 19.3 Å². The highest BCUT2D eigenvalue weighted by Crippen LogP contribution is 2.23. The summed E-state index contributed by atoms with van der Waals surface area (Å²) >= 11 is 1.67. The van der Waals surface area contributed by atoms with Gasteiger partial charge in [-0.1, -0.05) is 18.2 Å². The first-order valence-corrected chi connectivity index (χ1v) is 8.62. The maximum atomic E-state index is 12.0. The maximum absolute atomic E-state index is 12.0. The van der Waals surface area contributed by atoms with Crippen molar-refractivity contribution >= 4 is 17.4 Å². The van der Waals surface area contributed by atoms with E-state index in [2.05, 4.69) is 27.0 Å². The SMILES string of the molecule is O=C(NCC(c1ccsc1)N1CCOCC1)Oc1ccccc1. The Labute approximate surface area is 139 Å². The van der Waals surface area contributed by atoms with Crippen LogP contribution in [0, 0.1) is 0 Å². The molecule has 5 nitrogen and oxygen atoms in total. The van der Waals surface area contributed by atoms with Crippen molar-refractivity contribution < 1.29 is 14.3 Å². The Morgan fingerprint density at radius 2 is 2.04 bits per heavy atom. The summed E-state index contributed by atoms with van der Waals surface area (Å²) in [6.07, 6.45) is -0.426.